The van der Waals surface area contributed by atoms with Crippen LogP contribution in [0, 0.1) is 0 Å². The first-order valence-electron chi connectivity index (χ1n) is 12.0. The lowest BCUT2D eigenvalue weighted by atomic mass is 9.95. The van der Waals surface area contributed by atoms with Crippen molar-refractivity contribution in [1.29, 1.82) is 0 Å². The summed E-state index contributed by atoms with van der Waals surface area (Å²) in [5.74, 6) is 1.74. The first-order chi connectivity index (χ1) is 15.0. The molecule has 0 aliphatic carbocycles. The number of carbonyl (C=O) groups is 1. The Morgan fingerprint density at radius 3 is 2.48 bits per heavy atom. The lowest BCUT2D eigenvalue weighted by Gasteiger charge is -2.37. The van der Waals surface area contributed by atoms with E-state index in [4.69, 9.17) is 9.47 Å². The molecule has 1 atom stereocenters. The molecule has 2 heterocycles. The van der Waals surface area contributed by atoms with E-state index in [9.17, 15) is 4.79 Å². The summed E-state index contributed by atoms with van der Waals surface area (Å²) < 4.78 is 10.8. The van der Waals surface area contributed by atoms with Crippen LogP contribution in [0.3, 0.4) is 0 Å². The molecule has 1 amide bonds. The Balaban J connectivity index is 1.48. The van der Waals surface area contributed by atoms with Gasteiger partial charge in [-0.1, -0.05) is 12.5 Å². The summed E-state index contributed by atoms with van der Waals surface area (Å²) >= 11 is 0. The van der Waals surface area contributed by atoms with E-state index in [2.05, 4.69) is 41.1 Å². The predicted octanol–water partition coefficient (Wildman–Crippen LogP) is 3.48. The van der Waals surface area contributed by atoms with Crippen molar-refractivity contribution in [3.63, 3.8) is 0 Å². The van der Waals surface area contributed by atoms with Gasteiger partial charge in [0.2, 0.25) is 5.91 Å². The molecule has 0 bridgehead atoms. The molecule has 2 aliphatic heterocycles. The summed E-state index contributed by atoms with van der Waals surface area (Å²) in [6.45, 7) is 8.21. The highest BCUT2D eigenvalue weighted by Crippen LogP contribution is 2.29. The van der Waals surface area contributed by atoms with E-state index in [1.54, 1.807) is 14.2 Å². The minimum atomic E-state index is 0.195. The second kappa shape index (κ2) is 11.7. The average Bonchev–Trinajstić information content (AvgIpc) is 2.78. The molecule has 0 saturated carbocycles. The second-order valence-electron chi connectivity index (χ2n) is 9.32. The van der Waals surface area contributed by atoms with Gasteiger partial charge in [-0.05, 0) is 76.6 Å². The smallest absolute Gasteiger partial charge is 0.234 e. The molecule has 2 fully saturated rings. The van der Waals surface area contributed by atoms with E-state index in [1.165, 1.54) is 24.8 Å². The standard InChI is InChI=1S/C25H41N3O3/c1-19(2)27-15-12-21(13-16-27)26-25(29)18-28-14-6-5-7-22(28)10-8-20-9-11-23(30-3)24(17-20)31-4/h9,11,17,19,21-22H,5-8,10,12-16,18H2,1-4H3,(H,26,29). The van der Waals surface area contributed by atoms with Gasteiger partial charge in [0.05, 0.1) is 20.8 Å². The van der Waals surface area contributed by atoms with E-state index in [0.717, 1.165) is 56.8 Å². The number of piperidine rings is 2. The quantitative estimate of drug-likeness (QED) is 0.649. The third kappa shape index (κ3) is 6.84. The van der Waals surface area contributed by atoms with Gasteiger partial charge in [-0.25, -0.2) is 0 Å². The molecule has 0 radical (unpaired) electrons. The normalized spacial score (nSPS) is 21.3. The maximum absolute atomic E-state index is 12.8. The molecule has 1 aromatic rings. The van der Waals surface area contributed by atoms with E-state index in [0.29, 0.717) is 24.7 Å². The van der Waals surface area contributed by atoms with Gasteiger partial charge in [-0.3, -0.25) is 9.69 Å². The summed E-state index contributed by atoms with van der Waals surface area (Å²) in [4.78, 5) is 17.7. The minimum absolute atomic E-state index is 0.195. The zero-order valence-electron chi connectivity index (χ0n) is 19.9. The SMILES string of the molecule is COc1ccc(CCC2CCCCN2CC(=O)NC2CCN(C(C)C)CC2)cc1OC. The molecule has 6 nitrogen and oxygen atoms in total. The Kier molecular flexibility index (Phi) is 9.02. The van der Waals surface area contributed by atoms with Crippen molar-refractivity contribution in [2.75, 3.05) is 40.4 Å². The second-order valence-corrected chi connectivity index (χ2v) is 9.32. The first kappa shape index (κ1) is 23.9. The van der Waals surface area contributed by atoms with Crippen molar-refractivity contribution in [1.82, 2.24) is 15.1 Å². The van der Waals surface area contributed by atoms with E-state index in [1.807, 2.05) is 6.07 Å². The number of nitrogens with zero attached hydrogens (tertiary/aromatic N) is 2. The Hall–Kier alpha value is -1.79. The van der Waals surface area contributed by atoms with Crippen LogP contribution in [-0.4, -0.2) is 74.2 Å². The Bertz CT molecular complexity index is 701. The number of aryl methyl sites for hydroxylation is 1. The molecule has 31 heavy (non-hydrogen) atoms. The van der Waals surface area contributed by atoms with Gasteiger partial charge in [-0.15, -0.1) is 0 Å². The number of hydrogen-bond donors (Lipinski definition) is 1. The topological polar surface area (TPSA) is 54.0 Å². The number of rotatable bonds is 9. The van der Waals surface area contributed by atoms with Crippen LogP contribution in [0.25, 0.3) is 0 Å². The van der Waals surface area contributed by atoms with Crippen LogP contribution in [0.5, 0.6) is 11.5 Å². The average molecular weight is 432 g/mol. The lowest BCUT2D eigenvalue weighted by Crippen LogP contribution is -2.50. The molecule has 0 aromatic heterocycles. The van der Waals surface area contributed by atoms with Crippen LogP contribution >= 0.6 is 0 Å². The van der Waals surface area contributed by atoms with Gasteiger partial charge in [0.1, 0.15) is 0 Å². The van der Waals surface area contributed by atoms with Crippen molar-refractivity contribution in [2.45, 2.75) is 76.9 Å². The fourth-order valence-corrected chi connectivity index (χ4v) is 4.98. The minimum Gasteiger partial charge on any atom is -0.493 e. The molecule has 6 heteroatoms. The lowest BCUT2D eigenvalue weighted by molar-refractivity contribution is -0.124. The maximum atomic E-state index is 12.8. The number of ether oxygens (including phenoxy) is 2. The van der Waals surface area contributed by atoms with Crippen molar-refractivity contribution < 1.29 is 14.3 Å². The van der Waals surface area contributed by atoms with Gasteiger partial charge in [0.25, 0.3) is 0 Å². The summed E-state index contributed by atoms with van der Waals surface area (Å²) in [6, 6.07) is 7.56. The molecule has 2 aliphatic rings. The largest absolute Gasteiger partial charge is 0.493 e. The van der Waals surface area contributed by atoms with Crippen molar-refractivity contribution in [3.05, 3.63) is 23.8 Å². The molecule has 1 unspecified atom stereocenters. The summed E-state index contributed by atoms with van der Waals surface area (Å²) in [6.07, 6.45) is 7.79. The predicted molar refractivity (Wildman–Crippen MR) is 125 cm³/mol. The molecule has 2 saturated heterocycles. The molecule has 0 spiro atoms. The van der Waals surface area contributed by atoms with Crippen LogP contribution < -0.4 is 14.8 Å². The first-order valence-corrected chi connectivity index (χ1v) is 12.0. The molecule has 1 N–H and O–H groups in total. The van der Waals surface area contributed by atoms with Crippen LogP contribution in [-0.2, 0) is 11.2 Å². The van der Waals surface area contributed by atoms with Crippen molar-refractivity contribution in [2.24, 2.45) is 0 Å². The number of hydrogen-bond acceptors (Lipinski definition) is 5. The zero-order valence-corrected chi connectivity index (χ0v) is 19.9. The fraction of sp³-hybridized carbons (Fsp3) is 0.720. The van der Waals surface area contributed by atoms with Crippen molar-refractivity contribution in [3.8, 4) is 11.5 Å². The number of benzene rings is 1. The summed E-state index contributed by atoms with van der Waals surface area (Å²) in [5.41, 5.74) is 1.25. The monoisotopic (exact) mass is 431 g/mol. The fourth-order valence-electron chi connectivity index (χ4n) is 4.98. The Morgan fingerprint density at radius 2 is 1.81 bits per heavy atom. The highest BCUT2D eigenvalue weighted by molar-refractivity contribution is 5.78. The molecule has 3 rings (SSSR count). The molecular formula is C25H41N3O3. The Morgan fingerprint density at radius 1 is 1.06 bits per heavy atom. The highest BCUT2D eigenvalue weighted by Gasteiger charge is 2.26. The number of nitrogens with one attached hydrogen (secondary N) is 1. The van der Waals surface area contributed by atoms with Gasteiger partial charge in [-0.2, -0.15) is 0 Å². The third-order valence-corrected chi connectivity index (χ3v) is 6.93. The Labute approximate surface area is 188 Å². The van der Waals surface area contributed by atoms with E-state index < -0.39 is 0 Å². The number of carbonyl (C=O) groups excluding carboxylic acids is 1. The molecular weight excluding hydrogens is 390 g/mol. The maximum Gasteiger partial charge on any atom is 0.234 e. The van der Waals surface area contributed by atoms with E-state index in [-0.39, 0.29) is 5.91 Å². The number of methoxy groups -OCH3 is 2. The van der Waals surface area contributed by atoms with Crippen LogP contribution in [0.2, 0.25) is 0 Å². The van der Waals surface area contributed by atoms with Crippen LogP contribution in [0.1, 0.15) is 57.9 Å². The molecule has 1 aromatic carbocycles. The number of likely N-dealkylation sites (tertiary alicyclic amines) is 2. The third-order valence-electron chi connectivity index (χ3n) is 6.93. The highest BCUT2D eigenvalue weighted by atomic mass is 16.5. The van der Waals surface area contributed by atoms with Crippen LogP contribution in [0.4, 0.5) is 0 Å². The van der Waals surface area contributed by atoms with Crippen LogP contribution in [0.15, 0.2) is 18.2 Å². The van der Waals surface area contributed by atoms with Crippen molar-refractivity contribution >= 4 is 5.91 Å². The van der Waals surface area contributed by atoms with Gasteiger partial charge in [0.15, 0.2) is 11.5 Å². The van der Waals surface area contributed by atoms with Gasteiger partial charge >= 0.3 is 0 Å². The number of amides is 1. The molecule has 174 valence electrons. The summed E-state index contributed by atoms with van der Waals surface area (Å²) in [7, 11) is 3.34. The summed E-state index contributed by atoms with van der Waals surface area (Å²) in [5, 5.41) is 3.31. The van der Waals surface area contributed by atoms with Gasteiger partial charge in [0, 0.05) is 31.2 Å². The van der Waals surface area contributed by atoms with E-state index >= 15 is 0 Å². The zero-order chi connectivity index (χ0) is 22.2. The van der Waals surface area contributed by atoms with Gasteiger partial charge < -0.3 is 19.7 Å².